The first-order valence-corrected chi connectivity index (χ1v) is 5.20. The Hall–Kier alpha value is -0.830. The molecule has 14 heavy (non-hydrogen) atoms. The first kappa shape index (κ1) is 13.2. The maximum absolute atomic E-state index is 11.0. The number of esters is 1. The summed E-state index contributed by atoms with van der Waals surface area (Å²) >= 11 is 0. The van der Waals surface area contributed by atoms with Gasteiger partial charge in [0, 0.05) is 12.6 Å². The summed E-state index contributed by atoms with van der Waals surface area (Å²) in [6, 6.07) is 0.433. The highest BCUT2D eigenvalue weighted by molar-refractivity contribution is 5.69. The summed E-state index contributed by atoms with van der Waals surface area (Å²) in [5.41, 5.74) is 0. The Labute approximate surface area is 86.5 Å². The van der Waals surface area contributed by atoms with Gasteiger partial charge in [-0.3, -0.25) is 4.79 Å². The Morgan fingerprint density at radius 2 is 2.36 bits per heavy atom. The quantitative estimate of drug-likeness (QED) is 0.479. The molecule has 1 unspecified atom stereocenters. The minimum absolute atomic E-state index is 0.129. The zero-order chi connectivity index (χ0) is 10.8. The van der Waals surface area contributed by atoms with Crippen molar-refractivity contribution in [3.05, 3.63) is 12.7 Å². The van der Waals surface area contributed by atoms with E-state index in [0.717, 1.165) is 12.8 Å². The first-order valence-electron chi connectivity index (χ1n) is 5.20. The second-order valence-corrected chi connectivity index (χ2v) is 3.28. The number of hydrogen-bond donors (Lipinski definition) is 1. The molecule has 3 heteroatoms. The highest BCUT2D eigenvalue weighted by Gasteiger charge is 2.03. The van der Waals surface area contributed by atoms with Gasteiger partial charge in [0.25, 0.3) is 0 Å². The van der Waals surface area contributed by atoms with Gasteiger partial charge in [0.1, 0.15) is 0 Å². The number of hydrogen-bond acceptors (Lipinski definition) is 3. The minimum atomic E-state index is -0.129. The highest BCUT2D eigenvalue weighted by Crippen LogP contribution is 1.96. The molecule has 0 fully saturated rings. The summed E-state index contributed by atoms with van der Waals surface area (Å²) in [6.07, 6.45) is 4.43. The average Bonchev–Trinajstić information content (AvgIpc) is 2.15. The second kappa shape index (κ2) is 8.75. The van der Waals surface area contributed by atoms with E-state index in [-0.39, 0.29) is 5.97 Å². The van der Waals surface area contributed by atoms with E-state index in [0.29, 0.717) is 25.6 Å². The van der Waals surface area contributed by atoms with Crippen LogP contribution in [0, 0.1) is 0 Å². The van der Waals surface area contributed by atoms with Crippen LogP contribution in [0.1, 0.15) is 33.1 Å². The summed E-state index contributed by atoms with van der Waals surface area (Å²) < 4.78 is 4.81. The van der Waals surface area contributed by atoms with E-state index in [4.69, 9.17) is 4.74 Å². The van der Waals surface area contributed by atoms with Gasteiger partial charge in [-0.05, 0) is 26.7 Å². The molecule has 0 heterocycles. The predicted molar refractivity (Wildman–Crippen MR) is 58.1 cm³/mol. The Morgan fingerprint density at radius 1 is 1.64 bits per heavy atom. The van der Waals surface area contributed by atoms with Crippen LogP contribution in [-0.4, -0.2) is 25.2 Å². The topological polar surface area (TPSA) is 38.3 Å². The van der Waals surface area contributed by atoms with E-state index >= 15 is 0 Å². The summed E-state index contributed by atoms with van der Waals surface area (Å²) in [7, 11) is 0. The molecule has 0 saturated heterocycles. The molecular formula is C11H21NO2. The van der Waals surface area contributed by atoms with Gasteiger partial charge in [-0.2, -0.15) is 0 Å². The van der Waals surface area contributed by atoms with Crippen LogP contribution in [0.5, 0.6) is 0 Å². The van der Waals surface area contributed by atoms with Crippen molar-refractivity contribution in [1.29, 1.82) is 0 Å². The Kier molecular flexibility index (Phi) is 8.24. The standard InChI is InChI=1S/C11H21NO2/c1-4-6-7-10(3)12-9-8-11(13)14-5-2/h4,10,12H,1,5-9H2,2-3H3. The van der Waals surface area contributed by atoms with Crippen LogP contribution in [0.4, 0.5) is 0 Å². The van der Waals surface area contributed by atoms with Crippen LogP contribution < -0.4 is 5.32 Å². The molecule has 1 atom stereocenters. The molecule has 0 spiro atoms. The number of carbonyl (C=O) groups is 1. The largest absolute Gasteiger partial charge is 0.466 e. The summed E-state index contributed by atoms with van der Waals surface area (Å²) in [5.74, 6) is -0.129. The molecule has 0 amide bonds. The highest BCUT2D eigenvalue weighted by atomic mass is 16.5. The van der Waals surface area contributed by atoms with Gasteiger partial charge in [-0.1, -0.05) is 6.08 Å². The van der Waals surface area contributed by atoms with Crippen LogP contribution in [0.15, 0.2) is 12.7 Å². The van der Waals surface area contributed by atoms with E-state index in [9.17, 15) is 4.79 Å². The van der Waals surface area contributed by atoms with Crippen molar-refractivity contribution in [2.24, 2.45) is 0 Å². The third-order valence-electron chi connectivity index (χ3n) is 1.93. The molecule has 0 bridgehead atoms. The normalized spacial score (nSPS) is 12.1. The molecular weight excluding hydrogens is 178 g/mol. The van der Waals surface area contributed by atoms with Crippen LogP contribution in [0.25, 0.3) is 0 Å². The fourth-order valence-electron chi connectivity index (χ4n) is 1.12. The predicted octanol–water partition coefficient (Wildman–Crippen LogP) is 1.88. The lowest BCUT2D eigenvalue weighted by molar-refractivity contribution is -0.142. The molecule has 0 rings (SSSR count). The monoisotopic (exact) mass is 199 g/mol. The van der Waals surface area contributed by atoms with Crippen molar-refractivity contribution in [3.8, 4) is 0 Å². The molecule has 0 aliphatic rings. The Balaban J connectivity index is 3.34. The van der Waals surface area contributed by atoms with Crippen molar-refractivity contribution in [2.45, 2.75) is 39.2 Å². The number of ether oxygens (including phenoxy) is 1. The van der Waals surface area contributed by atoms with E-state index in [1.165, 1.54) is 0 Å². The zero-order valence-corrected chi connectivity index (χ0v) is 9.21. The number of carbonyl (C=O) groups excluding carboxylic acids is 1. The fourth-order valence-corrected chi connectivity index (χ4v) is 1.12. The van der Waals surface area contributed by atoms with Gasteiger partial charge >= 0.3 is 5.97 Å². The lowest BCUT2D eigenvalue weighted by atomic mass is 10.2. The number of nitrogens with one attached hydrogen (secondary N) is 1. The Morgan fingerprint density at radius 3 is 2.93 bits per heavy atom. The summed E-state index contributed by atoms with van der Waals surface area (Å²) in [4.78, 5) is 11.0. The molecule has 0 saturated carbocycles. The molecule has 82 valence electrons. The maximum atomic E-state index is 11.0. The summed E-state index contributed by atoms with van der Waals surface area (Å²) in [5, 5.41) is 3.26. The van der Waals surface area contributed by atoms with Crippen LogP contribution in [0.2, 0.25) is 0 Å². The van der Waals surface area contributed by atoms with E-state index < -0.39 is 0 Å². The minimum Gasteiger partial charge on any atom is -0.466 e. The first-order chi connectivity index (χ1) is 6.70. The summed E-state index contributed by atoms with van der Waals surface area (Å²) in [6.45, 7) is 8.74. The van der Waals surface area contributed by atoms with Gasteiger partial charge in [0.05, 0.1) is 13.0 Å². The van der Waals surface area contributed by atoms with Crippen LogP contribution in [0.3, 0.4) is 0 Å². The van der Waals surface area contributed by atoms with Crippen molar-refractivity contribution in [3.63, 3.8) is 0 Å². The lowest BCUT2D eigenvalue weighted by Crippen LogP contribution is -2.28. The molecule has 0 aliphatic heterocycles. The van der Waals surface area contributed by atoms with Gasteiger partial charge in [-0.15, -0.1) is 6.58 Å². The van der Waals surface area contributed by atoms with Gasteiger partial charge in [0.15, 0.2) is 0 Å². The van der Waals surface area contributed by atoms with Crippen molar-refractivity contribution < 1.29 is 9.53 Å². The van der Waals surface area contributed by atoms with E-state index in [2.05, 4.69) is 18.8 Å². The molecule has 0 aliphatic carbocycles. The van der Waals surface area contributed by atoms with E-state index in [1.807, 2.05) is 13.0 Å². The Bertz CT molecular complexity index is 169. The molecule has 1 N–H and O–H groups in total. The third kappa shape index (κ3) is 7.80. The number of allylic oxidation sites excluding steroid dienone is 1. The third-order valence-corrected chi connectivity index (χ3v) is 1.93. The molecule has 0 aromatic carbocycles. The molecule has 3 nitrogen and oxygen atoms in total. The van der Waals surface area contributed by atoms with Gasteiger partial charge in [-0.25, -0.2) is 0 Å². The smallest absolute Gasteiger partial charge is 0.307 e. The SMILES string of the molecule is C=CCCC(C)NCCC(=O)OCC. The zero-order valence-electron chi connectivity index (χ0n) is 9.21. The lowest BCUT2D eigenvalue weighted by Gasteiger charge is -2.11. The van der Waals surface area contributed by atoms with Crippen molar-refractivity contribution >= 4 is 5.97 Å². The van der Waals surface area contributed by atoms with Crippen LogP contribution in [-0.2, 0) is 9.53 Å². The van der Waals surface area contributed by atoms with Gasteiger partial charge < -0.3 is 10.1 Å². The molecule has 0 radical (unpaired) electrons. The number of rotatable bonds is 8. The van der Waals surface area contributed by atoms with E-state index in [1.54, 1.807) is 0 Å². The van der Waals surface area contributed by atoms with Crippen LogP contribution >= 0.6 is 0 Å². The average molecular weight is 199 g/mol. The molecule has 0 aromatic heterocycles. The van der Waals surface area contributed by atoms with Crippen molar-refractivity contribution in [1.82, 2.24) is 5.32 Å². The van der Waals surface area contributed by atoms with Gasteiger partial charge in [0.2, 0.25) is 0 Å². The van der Waals surface area contributed by atoms with Crippen molar-refractivity contribution in [2.75, 3.05) is 13.2 Å². The maximum Gasteiger partial charge on any atom is 0.307 e. The molecule has 0 aromatic rings. The fraction of sp³-hybridized carbons (Fsp3) is 0.727. The second-order valence-electron chi connectivity index (χ2n) is 3.28.